The molecule has 1 aromatic rings. The Morgan fingerprint density at radius 1 is 1.69 bits per heavy atom. The fourth-order valence-electron chi connectivity index (χ4n) is 1.78. The van der Waals surface area contributed by atoms with E-state index in [9.17, 15) is 0 Å². The fraction of sp³-hybridized carbons (Fsp3) is 0.667. The smallest absolute Gasteiger partial charge is 0.0632 e. The zero-order valence-corrected chi connectivity index (χ0v) is 9.13. The summed E-state index contributed by atoms with van der Waals surface area (Å²) in [6.07, 6.45) is 6.50. The quantitative estimate of drug-likeness (QED) is 0.857. The molecule has 3 nitrogen and oxygen atoms in total. The maximum absolute atomic E-state index is 4.25. The van der Waals surface area contributed by atoms with Gasteiger partial charge in [0.2, 0.25) is 0 Å². The highest BCUT2D eigenvalue weighted by atomic mass is 79.9. The largest absolute Gasteiger partial charge is 0.316 e. The van der Waals surface area contributed by atoms with Gasteiger partial charge in [0.15, 0.2) is 0 Å². The van der Waals surface area contributed by atoms with Gasteiger partial charge in [-0.15, -0.1) is 0 Å². The Kier molecular flexibility index (Phi) is 3.01. The zero-order chi connectivity index (χ0) is 9.10. The minimum Gasteiger partial charge on any atom is -0.316 e. The molecule has 1 fully saturated rings. The van der Waals surface area contributed by atoms with Crippen LogP contribution in [-0.2, 0) is 6.54 Å². The van der Waals surface area contributed by atoms with Crippen molar-refractivity contribution in [2.24, 2.45) is 5.92 Å². The number of hydrogen-bond donors (Lipinski definition) is 1. The van der Waals surface area contributed by atoms with Crippen molar-refractivity contribution in [3.63, 3.8) is 0 Å². The molecule has 0 spiro atoms. The Morgan fingerprint density at radius 2 is 2.62 bits per heavy atom. The van der Waals surface area contributed by atoms with Crippen molar-refractivity contribution in [1.82, 2.24) is 15.1 Å². The molecule has 1 atom stereocenters. The van der Waals surface area contributed by atoms with Crippen molar-refractivity contribution in [1.29, 1.82) is 0 Å². The zero-order valence-electron chi connectivity index (χ0n) is 7.54. The number of piperidine rings is 1. The van der Waals surface area contributed by atoms with E-state index in [2.05, 4.69) is 26.3 Å². The highest BCUT2D eigenvalue weighted by Crippen LogP contribution is 2.13. The Labute approximate surface area is 86.6 Å². The third kappa shape index (κ3) is 2.54. The molecule has 0 amide bonds. The van der Waals surface area contributed by atoms with E-state index in [1.165, 1.54) is 19.4 Å². The van der Waals surface area contributed by atoms with E-state index in [1.54, 1.807) is 0 Å². The Balaban J connectivity index is 1.89. The summed E-state index contributed by atoms with van der Waals surface area (Å²) in [7, 11) is 0. The first-order chi connectivity index (χ1) is 6.34. The molecule has 4 heteroatoms. The number of aromatic nitrogens is 2. The molecule has 1 aliphatic rings. The first-order valence-corrected chi connectivity index (χ1v) is 5.52. The van der Waals surface area contributed by atoms with Crippen molar-refractivity contribution < 1.29 is 0 Å². The van der Waals surface area contributed by atoms with E-state index < -0.39 is 0 Å². The fourth-order valence-corrected chi connectivity index (χ4v) is 2.11. The van der Waals surface area contributed by atoms with Crippen LogP contribution in [0, 0.1) is 5.92 Å². The van der Waals surface area contributed by atoms with Gasteiger partial charge in [-0.3, -0.25) is 4.68 Å². The van der Waals surface area contributed by atoms with Crippen molar-refractivity contribution in [3.05, 3.63) is 16.9 Å². The summed E-state index contributed by atoms with van der Waals surface area (Å²) in [5.41, 5.74) is 0. The molecule has 0 saturated carbocycles. The summed E-state index contributed by atoms with van der Waals surface area (Å²) in [5, 5.41) is 7.66. The second-order valence-electron chi connectivity index (χ2n) is 3.59. The van der Waals surface area contributed by atoms with Crippen LogP contribution in [-0.4, -0.2) is 22.9 Å². The number of hydrogen-bond acceptors (Lipinski definition) is 2. The van der Waals surface area contributed by atoms with Gasteiger partial charge in [-0.1, -0.05) is 0 Å². The van der Waals surface area contributed by atoms with Crippen LogP contribution in [0.4, 0.5) is 0 Å². The molecule has 1 aromatic heterocycles. The highest BCUT2D eigenvalue weighted by Gasteiger charge is 2.13. The van der Waals surface area contributed by atoms with Crippen LogP contribution in [0.5, 0.6) is 0 Å². The molecule has 0 aliphatic carbocycles. The summed E-state index contributed by atoms with van der Waals surface area (Å²) in [5.74, 6) is 0.751. The maximum atomic E-state index is 4.25. The van der Waals surface area contributed by atoms with Crippen LogP contribution in [0.1, 0.15) is 12.8 Å². The van der Waals surface area contributed by atoms with E-state index in [0.29, 0.717) is 0 Å². The molecule has 0 radical (unpaired) electrons. The van der Waals surface area contributed by atoms with Crippen molar-refractivity contribution in [2.45, 2.75) is 19.4 Å². The molecule has 1 N–H and O–H groups in total. The van der Waals surface area contributed by atoms with E-state index in [1.807, 2.05) is 17.1 Å². The van der Waals surface area contributed by atoms with Crippen molar-refractivity contribution in [2.75, 3.05) is 13.1 Å². The van der Waals surface area contributed by atoms with Gasteiger partial charge in [-0.25, -0.2) is 0 Å². The average Bonchev–Trinajstić information content (AvgIpc) is 2.53. The minimum absolute atomic E-state index is 0.751. The third-order valence-corrected chi connectivity index (χ3v) is 2.86. The standard InChI is InChI=1S/C9H14BrN3/c10-9-5-12-13(7-9)6-8-2-1-3-11-4-8/h5,7-8,11H,1-4,6H2/t8-/m1/s1. The number of nitrogens with one attached hydrogen (secondary N) is 1. The first-order valence-electron chi connectivity index (χ1n) is 4.73. The number of rotatable bonds is 2. The molecule has 0 aromatic carbocycles. The Morgan fingerprint density at radius 3 is 3.23 bits per heavy atom. The molecular formula is C9H14BrN3. The second kappa shape index (κ2) is 4.24. The summed E-state index contributed by atoms with van der Waals surface area (Å²) < 4.78 is 3.08. The van der Waals surface area contributed by atoms with Gasteiger partial charge in [0.1, 0.15) is 0 Å². The molecule has 1 saturated heterocycles. The average molecular weight is 244 g/mol. The molecular weight excluding hydrogens is 230 g/mol. The molecule has 2 heterocycles. The van der Waals surface area contributed by atoms with E-state index in [0.717, 1.165) is 23.5 Å². The lowest BCUT2D eigenvalue weighted by molar-refractivity contribution is 0.325. The van der Waals surface area contributed by atoms with Gasteiger partial charge >= 0.3 is 0 Å². The van der Waals surface area contributed by atoms with Gasteiger partial charge in [0.25, 0.3) is 0 Å². The number of halogens is 1. The lowest BCUT2D eigenvalue weighted by Crippen LogP contribution is -2.32. The molecule has 13 heavy (non-hydrogen) atoms. The van der Waals surface area contributed by atoms with Gasteiger partial charge in [0, 0.05) is 12.7 Å². The lowest BCUT2D eigenvalue weighted by atomic mass is 10.00. The number of nitrogens with zero attached hydrogens (tertiary/aromatic N) is 2. The van der Waals surface area contributed by atoms with Crippen LogP contribution in [0.2, 0.25) is 0 Å². The van der Waals surface area contributed by atoms with Crippen LogP contribution in [0.3, 0.4) is 0 Å². The van der Waals surface area contributed by atoms with Crippen molar-refractivity contribution >= 4 is 15.9 Å². The first kappa shape index (κ1) is 9.21. The predicted molar refractivity (Wildman–Crippen MR) is 55.5 cm³/mol. The Bertz CT molecular complexity index is 266. The van der Waals surface area contributed by atoms with E-state index >= 15 is 0 Å². The maximum Gasteiger partial charge on any atom is 0.0632 e. The topological polar surface area (TPSA) is 29.9 Å². The molecule has 0 bridgehead atoms. The summed E-state index contributed by atoms with van der Waals surface area (Å²) in [6, 6.07) is 0. The van der Waals surface area contributed by atoms with Crippen LogP contribution < -0.4 is 5.32 Å². The van der Waals surface area contributed by atoms with Gasteiger partial charge in [0.05, 0.1) is 10.7 Å². The predicted octanol–water partition coefficient (Wildman–Crippen LogP) is 1.65. The highest BCUT2D eigenvalue weighted by molar-refractivity contribution is 9.10. The van der Waals surface area contributed by atoms with Gasteiger partial charge in [-0.2, -0.15) is 5.10 Å². The minimum atomic E-state index is 0.751. The van der Waals surface area contributed by atoms with Gasteiger partial charge < -0.3 is 5.32 Å². The normalized spacial score (nSPS) is 23.3. The third-order valence-electron chi connectivity index (χ3n) is 2.45. The Hall–Kier alpha value is -0.350. The second-order valence-corrected chi connectivity index (χ2v) is 4.51. The monoisotopic (exact) mass is 243 g/mol. The molecule has 1 aliphatic heterocycles. The van der Waals surface area contributed by atoms with Gasteiger partial charge in [-0.05, 0) is 47.8 Å². The van der Waals surface area contributed by atoms with Crippen LogP contribution >= 0.6 is 15.9 Å². The van der Waals surface area contributed by atoms with E-state index in [-0.39, 0.29) is 0 Å². The molecule has 72 valence electrons. The van der Waals surface area contributed by atoms with Crippen LogP contribution in [0.15, 0.2) is 16.9 Å². The van der Waals surface area contributed by atoms with Crippen LogP contribution in [0.25, 0.3) is 0 Å². The SMILES string of the molecule is Brc1cnn(C[C@@H]2CCCNC2)c1. The summed E-state index contributed by atoms with van der Waals surface area (Å²) in [4.78, 5) is 0. The lowest BCUT2D eigenvalue weighted by Gasteiger charge is -2.22. The van der Waals surface area contributed by atoms with Crippen molar-refractivity contribution in [3.8, 4) is 0 Å². The van der Waals surface area contributed by atoms with E-state index in [4.69, 9.17) is 0 Å². The molecule has 0 unspecified atom stereocenters. The summed E-state index contributed by atoms with van der Waals surface area (Å²) >= 11 is 3.40. The summed E-state index contributed by atoms with van der Waals surface area (Å²) in [6.45, 7) is 3.36. The molecule has 2 rings (SSSR count).